The topological polar surface area (TPSA) is 111 Å². The van der Waals surface area contributed by atoms with Crippen LogP contribution in [-0.4, -0.2) is 20.6 Å². The average molecular weight is 416 g/mol. The molecule has 0 fully saturated rings. The molecule has 0 N–H and O–H groups in total. The maximum absolute atomic E-state index is 11.3. The second-order valence-corrected chi connectivity index (χ2v) is 7.31. The molecule has 9 heteroatoms. The van der Waals surface area contributed by atoms with Crippen LogP contribution in [0.4, 0.5) is 11.4 Å². The number of hydrazone groups is 1. The zero-order valence-electron chi connectivity index (χ0n) is 16.1. The van der Waals surface area contributed by atoms with Crippen molar-refractivity contribution in [1.29, 1.82) is 0 Å². The van der Waals surface area contributed by atoms with Gasteiger partial charge in [0.2, 0.25) is 6.23 Å². The van der Waals surface area contributed by atoms with E-state index in [-0.39, 0.29) is 17.4 Å². The lowest BCUT2D eigenvalue weighted by Gasteiger charge is -2.38. The lowest BCUT2D eigenvalue weighted by atomic mass is 9.95. The van der Waals surface area contributed by atoms with Crippen LogP contribution in [-0.2, 0) is 0 Å². The smallest absolute Gasteiger partial charge is 0.270 e. The first kappa shape index (κ1) is 18.7. The fourth-order valence-corrected chi connectivity index (χ4v) is 4.01. The fourth-order valence-electron chi connectivity index (χ4n) is 4.01. The molecular formula is C22H16N4O5. The van der Waals surface area contributed by atoms with E-state index < -0.39 is 16.1 Å². The standard InChI is InChI=1S/C22H16N4O5/c27-25(28)16-8-4-7-15(11-16)22-24-20(13-19(23-24)14-5-2-1-3-6-14)18-12-17(26(29)30)9-10-21(18)31-22/h1-12,20,22H,13H2. The lowest BCUT2D eigenvalue weighted by molar-refractivity contribution is -0.385. The molecule has 0 radical (unpaired) electrons. The van der Waals surface area contributed by atoms with Gasteiger partial charge >= 0.3 is 0 Å². The molecule has 2 unspecified atom stereocenters. The highest BCUT2D eigenvalue weighted by molar-refractivity contribution is 6.01. The maximum Gasteiger partial charge on any atom is 0.270 e. The number of benzene rings is 3. The Morgan fingerprint density at radius 3 is 2.39 bits per heavy atom. The molecule has 0 aliphatic carbocycles. The molecule has 5 rings (SSSR count). The van der Waals surface area contributed by atoms with Gasteiger partial charge in [0.25, 0.3) is 11.4 Å². The Morgan fingerprint density at radius 1 is 0.903 bits per heavy atom. The van der Waals surface area contributed by atoms with E-state index in [1.54, 1.807) is 23.2 Å². The van der Waals surface area contributed by atoms with Gasteiger partial charge in [0, 0.05) is 41.8 Å². The van der Waals surface area contributed by atoms with Crippen molar-refractivity contribution in [3.05, 3.63) is 110 Å². The Balaban J connectivity index is 1.62. The number of hydrogen-bond acceptors (Lipinski definition) is 7. The third kappa shape index (κ3) is 3.25. The highest BCUT2D eigenvalue weighted by Gasteiger charge is 2.42. The summed E-state index contributed by atoms with van der Waals surface area (Å²) in [7, 11) is 0. The summed E-state index contributed by atoms with van der Waals surface area (Å²) in [6, 6.07) is 20.1. The molecule has 0 saturated heterocycles. The van der Waals surface area contributed by atoms with E-state index >= 15 is 0 Å². The van der Waals surface area contributed by atoms with Gasteiger partial charge in [-0.2, -0.15) is 5.10 Å². The van der Waals surface area contributed by atoms with Crippen LogP contribution in [0.3, 0.4) is 0 Å². The highest BCUT2D eigenvalue weighted by Crippen LogP contribution is 2.48. The van der Waals surface area contributed by atoms with Crippen LogP contribution >= 0.6 is 0 Å². The Kier molecular flexibility index (Phi) is 4.36. The van der Waals surface area contributed by atoms with Crippen LogP contribution in [0.25, 0.3) is 0 Å². The van der Waals surface area contributed by atoms with Gasteiger partial charge in [0.15, 0.2) is 0 Å². The van der Waals surface area contributed by atoms with Crippen molar-refractivity contribution in [3.63, 3.8) is 0 Å². The normalized spacial score (nSPS) is 19.1. The number of rotatable bonds is 4. The monoisotopic (exact) mass is 416 g/mol. The van der Waals surface area contributed by atoms with Gasteiger partial charge in [-0.3, -0.25) is 20.2 Å². The summed E-state index contributed by atoms with van der Waals surface area (Å²) in [6.45, 7) is 0. The van der Waals surface area contributed by atoms with E-state index in [4.69, 9.17) is 9.84 Å². The molecule has 2 aliphatic heterocycles. The van der Waals surface area contributed by atoms with Crippen LogP contribution in [0, 0.1) is 20.2 Å². The molecule has 0 saturated carbocycles. The molecule has 3 aromatic rings. The number of nitro benzene ring substituents is 2. The largest absolute Gasteiger partial charge is 0.464 e. The molecule has 0 aromatic heterocycles. The Morgan fingerprint density at radius 2 is 1.65 bits per heavy atom. The molecular weight excluding hydrogens is 400 g/mol. The molecule has 2 heterocycles. The molecule has 2 atom stereocenters. The van der Waals surface area contributed by atoms with Gasteiger partial charge in [0.1, 0.15) is 5.75 Å². The van der Waals surface area contributed by atoms with E-state index in [2.05, 4.69) is 0 Å². The average Bonchev–Trinajstić information content (AvgIpc) is 3.24. The van der Waals surface area contributed by atoms with Gasteiger partial charge in [-0.1, -0.05) is 42.5 Å². The van der Waals surface area contributed by atoms with Crippen molar-refractivity contribution in [2.24, 2.45) is 5.10 Å². The van der Waals surface area contributed by atoms with E-state index in [0.717, 1.165) is 11.3 Å². The SMILES string of the molecule is O=[N+]([O-])c1cccc(C2Oc3ccc([N+](=O)[O-])cc3C3CC(c4ccccc4)=NN32)c1. The van der Waals surface area contributed by atoms with Crippen LogP contribution < -0.4 is 4.74 Å². The molecule has 2 aliphatic rings. The van der Waals surface area contributed by atoms with Crippen molar-refractivity contribution in [2.75, 3.05) is 0 Å². The zero-order chi connectivity index (χ0) is 21.5. The Labute approximate surface area is 176 Å². The van der Waals surface area contributed by atoms with E-state index in [1.807, 2.05) is 30.3 Å². The van der Waals surface area contributed by atoms with Gasteiger partial charge in [-0.05, 0) is 11.6 Å². The van der Waals surface area contributed by atoms with E-state index in [9.17, 15) is 20.2 Å². The second-order valence-electron chi connectivity index (χ2n) is 7.31. The first-order chi connectivity index (χ1) is 15.0. The zero-order valence-corrected chi connectivity index (χ0v) is 16.1. The van der Waals surface area contributed by atoms with Crippen molar-refractivity contribution >= 4 is 17.1 Å². The number of ether oxygens (including phenoxy) is 1. The molecule has 0 amide bonds. The first-order valence-corrected chi connectivity index (χ1v) is 9.62. The van der Waals surface area contributed by atoms with E-state index in [0.29, 0.717) is 23.3 Å². The van der Waals surface area contributed by atoms with Gasteiger partial charge in [-0.25, -0.2) is 5.01 Å². The van der Waals surface area contributed by atoms with Crippen molar-refractivity contribution in [1.82, 2.24) is 5.01 Å². The van der Waals surface area contributed by atoms with Crippen molar-refractivity contribution in [3.8, 4) is 5.75 Å². The summed E-state index contributed by atoms with van der Waals surface area (Å²) in [5.74, 6) is 0.507. The van der Waals surface area contributed by atoms with Crippen LogP contribution in [0.5, 0.6) is 5.75 Å². The first-order valence-electron chi connectivity index (χ1n) is 9.62. The number of fused-ring (bicyclic) bond motifs is 3. The fraction of sp³-hybridized carbons (Fsp3) is 0.136. The van der Waals surface area contributed by atoms with Crippen molar-refractivity contribution in [2.45, 2.75) is 18.7 Å². The van der Waals surface area contributed by atoms with Gasteiger partial charge < -0.3 is 4.74 Å². The minimum atomic E-state index is -0.694. The third-order valence-electron chi connectivity index (χ3n) is 5.46. The molecule has 0 spiro atoms. The van der Waals surface area contributed by atoms with Gasteiger partial charge in [-0.15, -0.1) is 0 Å². The summed E-state index contributed by atoms with van der Waals surface area (Å²) in [6.07, 6.45) is -0.160. The van der Waals surface area contributed by atoms with Crippen molar-refractivity contribution < 1.29 is 14.6 Å². The lowest BCUT2D eigenvalue weighted by Crippen LogP contribution is -2.33. The Bertz CT molecular complexity index is 1230. The maximum atomic E-state index is 11.3. The predicted molar refractivity (Wildman–Crippen MR) is 112 cm³/mol. The minimum absolute atomic E-state index is 0.0238. The summed E-state index contributed by atoms with van der Waals surface area (Å²) in [4.78, 5) is 21.7. The molecule has 154 valence electrons. The van der Waals surface area contributed by atoms with E-state index in [1.165, 1.54) is 24.3 Å². The van der Waals surface area contributed by atoms with Crippen LogP contribution in [0.1, 0.15) is 35.4 Å². The molecule has 0 bridgehead atoms. The number of nitrogens with zero attached hydrogens (tertiary/aromatic N) is 4. The number of hydrogen-bond donors (Lipinski definition) is 0. The predicted octanol–water partition coefficient (Wildman–Crippen LogP) is 4.75. The number of nitro groups is 2. The number of non-ortho nitro benzene ring substituents is 2. The second kappa shape index (κ2) is 7.21. The summed E-state index contributed by atoms with van der Waals surface area (Å²) in [5.41, 5.74) is 2.96. The third-order valence-corrected chi connectivity index (χ3v) is 5.46. The van der Waals surface area contributed by atoms with Crippen LogP contribution in [0.2, 0.25) is 0 Å². The summed E-state index contributed by atoms with van der Waals surface area (Å²) >= 11 is 0. The Hall–Kier alpha value is -4.27. The quantitative estimate of drug-likeness (QED) is 0.448. The molecule has 31 heavy (non-hydrogen) atoms. The molecule has 9 nitrogen and oxygen atoms in total. The molecule has 3 aromatic carbocycles. The summed E-state index contributed by atoms with van der Waals surface area (Å²) in [5, 5.41) is 29.1. The van der Waals surface area contributed by atoms with Gasteiger partial charge in [0.05, 0.1) is 21.6 Å². The minimum Gasteiger partial charge on any atom is -0.464 e. The summed E-state index contributed by atoms with van der Waals surface area (Å²) < 4.78 is 6.16. The van der Waals surface area contributed by atoms with Crippen LogP contribution in [0.15, 0.2) is 77.9 Å². The highest BCUT2D eigenvalue weighted by atomic mass is 16.6.